The van der Waals surface area contributed by atoms with Gasteiger partial charge in [-0.15, -0.1) is 0 Å². The molecule has 5 nitrogen and oxygen atoms in total. The number of nitrogens with one attached hydrogen (secondary N) is 1. The highest BCUT2D eigenvalue weighted by Crippen LogP contribution is 2.46. The average molecular weight is 402 g/mol. The van der Waals surface area contributed by atoms with Gasteiger partial charge in [0.15, 0.2) is 0 Å². The molecule has 1 heterocycles. The highest BCUT2D eigenvalue weighted by atomic mass is 19.1. The first-order valence-corrected chi connectivity index (χ1v) is 9.19. The van der Waals surface area contributed by atoms with E-state index in [9.17, 15) is 27.6 Å². The highest BCUT2D eigenvalue weighted by Gasteiger charge is 2.45. The summed E-state index contributed by atoms with van der Waals surface area (Å²) in [5.41, 5.74) is 0.745. The second kappa shape index (κ2) is 7.35. The number of anilines is 1. The van der Waals surface area contributed by atoms with Crippen molar-refractivity contribution in [3.63, 3.8) is 0 Å². The number of amides is 2. The predicted octanol–water partition coefficient (Wildman–Crippen LogP) is 2.56. The molecule has 3 atom stereocenters. The van der Waals surface area contributed by atoms with Crippen LogP contribution in [0.5, 0.6) is 0 Å². The molecular weight excluding hydrogens is 385 g/mol. The molecule has 1 saturated heterocycles. The van der Waals surface area contributed by atoms with Crippen LogP contribution < -0.4 is 10.2 Å². The number of rotatable bonds is 5. The molecule has 0 aromatic heterocycles. The molecule has 0 bridgehead atoms. The Morgan fingerprint density at radius 1 is 1.03 bits per heavy atom. The van der Waals surface area contributed by atoms with Crippen molar-refractivity contribution < 1.29 is 27.6 Å². The van der Waals surface area contributed by atoms with Gasteiger partial charge >= 0.3 is 0 Å². The molecule has 1 N–H and O–H groups in total. The summed E-state index contributed by atoms with van der Waals surface area (Å²) in [6.45, 7) is 0.0296. The molecule has 4 rings (SSSR count). The molecule has 29 heavy (non-hydrogen) atoms. The number of hydrogen-bond acceptors (Lipinski definition) is 3. The van der Waals surface area contributed by atoms with Gasteiger partial charge in [0.25, 0.3) is 5.91 Å². The molecule has 1 unspecified atom stereocenters. The Labute approximate surface area is 164 Å². The van der Waals surface area contributed by atoms with Crippen molar-refractivity contribution in [3.05, 3.63) is 65.5 Å². The second-order valence-corrected chi connectivity index (χ2v) is 7.33. The third-order valence-corrected chi connectivity index (χ3v) is 5.41. The summed E-state index contributed by atoms with van der Waals surface area (Å²) in [6, 6.07) is 8.83. The van der Waals surface area contributed by atoms with Crippen molar-refractivity contribution >= 4 is 23.3 Å². The Balaban J connectivity index is 1.36. The Hall–Kier alpha value is -3.16. The smallest absolute Gasteiger partial charge is 0.295 e. The molecule has 0 radical (unpaired) electrons. The van der Waals surface area contributed by atoms with Crippen molar-refractivity contribution in [3.8, 4) is 0 Å². The largest absolute Gasteiger partial charge is 0.355 e. The Morgan fingerprint density at radius 3 is 2.41 bits per heavy atom. The van der Waals surface area contributed by atoms with Crippen LogP contribution in [0.4, 0.5) is 18.9 Å². The first kappa shape index (κ1) is 19.2. The van der Waals surface area contributed by atoms with Gasteiger partial charge in [-0.25, -0.2) is 13.2 Å². The van der Waals surface area contributed by atoms with Gasteiger partial charge in [0.05, 0.1) is 5.69 Å². The Bertz CT molecular complexity index is 993. The lowest BCUT2D eigenvalue weighted by atomic mass is 10.1. The molecule has 2 aliphatic rings. The van der Waals surface area contributed by atoms with E-state index in [0.717, 1.165) is 29.0 Å². The number of hydrogen-bond donors (Lipinski definition) is 1. The normalized spacial score (nSPS) is 23.4. The number of Topliss-reactive ketones (excluding diaryl/α,β-unsaturated/α-hetero) is 1. The number of halogens is 3. The molecular formula is C21H17F3N2O3. The van der Waals surface area contributed by atoms with E-state index in [-0.39, 0.29) is 29.9 Å². The summed E-state index contributed by atoms with van der Waals surface area (Å²) >= 11 is 0. The summed E-state index contributed by atoms with van der Waals surface area (Å²) in [5, 5.41) is 2.68. The third-order valence-electron chi connectivity index (χ3n) is 5.41. The van der Waals surface area contributed by atoms with Crippen LogP contribution in [0.3, 0.4) is 0 Å². The fourth-order valence-electron chi connectivity index (χ4n) is 3.69. The minimum Gasteiger partial charge on any atom is -0.355 e. The summed E-state index contributed by atoms with van der Waals surface area (Å²) in [4.78, 5) is 37.7. The first-order valence-electron chi connectivity index (χ1n) is 9.19. The molecule has 0 spiro atoms. The van der Waals surface area contributed by atoms with Crippen LogP contribution >= 0.6 is 0 Å². The van der Waals surface area contributed by atoms with E-state index in [4.69, 9.17) is 0 Å². The lowest BCUT2D eigenvalue weighted by Crippen LogP contribution is -2.36. The van der Waals surface area contributed by atoms with Gasteiger partial charge in [-0.3, -0.25) is 14.4 Å². The standard InChI is InChI=1S/C21H17F3N2O3/c22-13-3-1-11(2-4-13)15-7-12(15)9-25-20(28)16-10-26(21(29)19(16)27)18-6-5-14(23)8-17(18)24/h1-6,8,12,15-16H,7,9-10H2,(H,25,28)/t12-,15-,16?/m0/s1. The van der Waals surface area contributed by atoms with Gasteiger partial charge < -0.3 is 10.2 Å². The number of benzene rings is 2. The van der Waals surface area contributed by atoms with Crippen molar-refractivity contribution in [2.75, 3.05) is 18.0 Å². The van der Waals surface area contributed by atoms with Crippen molar-refractivity contribution in [2.45, 2.75) is 12.3 Å². The van der Waals surface area contributed by atoms with Crippen molar-refractivity contribution in [1.29, 1.82) is 0 Å². The highest BCUT2D eigenvalue weighted by molar-refractivity contribution is 6.47. The summed E-state index contributed by atoms with van der Waals surface area (Å²) < 4.78 is 40.0. The number of carbonyl (C=O) groups is 3. The topological polar surface area (TPSA) is 66.5 Å². The van der Waals surface area contributed by atoms with Gasteiger partial charge in [-0.1, -0.05) is 12.1 Å². The zero-order chi connectivity index (χ0) is 20.7. The van der Waals surface area contributed by atoms with E-state index in [2.05, 4.69) is 5.32 Å². The lowest BCUT2D eigenvalue weighted by Gasteiger charge is -2.16. The first-order chi connectivity index (χ1) is 13.8. The Kier molecular flexibility index (Phi) is 4.86. The lowest BCUT2D eigenvalue weighted by molar-refractivity contribution is -0.139. The van der Waals surface area contributed by atoms with Gasteiger partial charge in [0.1, 0.15) is 23.4 Å². The molecule has 2 aromatic rings. The maximum absolute atomic E-state index is 14.0. The van der Waals surface area contributed by atoms with E-state index in [0.29, 0.717) is 12.6 Å². The van der Waals surface area contributed by atoms with Crippen molar-refractivity contribution in [2.24, 2.45) is 11.8 Å². The van der Waals surface area contributed by atoms with E-state index < -0.39 is 35.1 Å². The number of ketones is 1. The van der Waals surface area contributed by atoms with Crippen LogP contribution in [0.2, 0.25) is 0 Å². The molecule has 1 aliphatic heterocycles. The average Bonchev–Trinajstić information content (AvgIpc) is 3.41. The van der Waals surface area contributed by atoms with Crippen LogP contribution in [0.1, 0.15) is 17.9 Å². The van der Waals surface area contributed by atoms with Gasteiger partial charge in [-0.05, 0) is 48.1 Å². The van der Waals surface area contributed by atoms with E-state index in [1.165, 1.54) is 12.1 Å². The molecule has 2 amide bonds. The molecule has 8 heteroatoms. The second-order valence-electron chi connectivity index (χ2n) is 7.33. The van der Waals surface area contributed by atoms with Crippen LogP contribution in [-0.4, -0.2) is 30.7 Å². The van der Waals surface area contributed by atoms with E-state index >= 15 is 0 Å². The van der Waals surface area contributed by atoms with Gasteiger partial charge in [0, 0.05) is 19.2 Å². The SMILES string of the molecule is O=C(NC[C@@H]1C[C@H]1c1ccc(F)cc1)C1CN(c2ccc(F)cc2F)C(=O)C1=O. The fourth-order valence-corrected chi connectivity index (χ4v) is 3.69. The van der Waals surface area contributed by atoms with Crippen molar-refractivity contribution in [1.82, 2.24) is 5.32 Å². The summed E-state index contributed by atoms with van der Waals surface area (Å²) in [6.07, 6.45) is 0.830. The summed E-state index contributed by atoms with van der Waals surface area (Å²) in [7, 11) is 0. The van der Waals surface area contributed by atoms with Crippen LogP contribution in [0.15, 0.2) is 42.5 Å². The monoisotopic (exact) mass is 402 g/mol. The van der Waals surface area contributed by atoms with Gasteiger partial charge in [-0.2, -0.15) is 0 Å². The Morgan fingerprint density at radius 2 is 1.72 bits per heavy atom. The van der Waals surface area contributed by atoms with Crippen LogP contribution in [0, 0.1) is 29.3 Å². The van der Waals surface area contributed by atoms with Crippen LogP contribution in [-0.2, 0) is 14.4 Å². The zero-order valence-corrected chi connectivity index (χ0v) is 15.2. The number of carbonyl (C=O) groups excluding carboxylic acids is 3. The minimum atomic E-state index is -1.24. The summed E-state index contributed by atoms with van der Waals surface area (Å²) in [5.74, 6) is -5.47. The predicted molar refractivity (Wildman–Crippen MR) is 97.5 cm³/mol. The molecule has 2 aromatic carbocycles. The van der Waals surface area contributed by atoms with Gasteiger partial charge in [0.2, 0.25) is 11.7 Å². The molecule has 150 valence electrons. The zero-order valence-electron chi connectivity index (χ0n) is 15.2. The van der Waals surface area contributed by atoms with Crippen LogP contribution in [0.25, 0.3) is 0 Å². The third kappa shape index (κ3) is 3.74. The minimum absolute atomic E-state index is 0.169. The molecule has 1 saturated carbocycles. The fraction of sp³-hybridized carbons (Fsp3) is 0.286. The maximum Gasteiger partial charge on any atom is 0.295 e. The van der Waals surface area contributed by atoms with E-state index in [1.807, 2.05) is 0 Å². The maximum atomic E-state index is 14.0. The van der Waals surface area contributed by atoms with E-state index in [1.54, 1.807) is 12.1 Å². The molecule has 2 fully saturated rings. The molecule has 1 aliphatic carbocycles. The quantitative estimate of drug-likeness (QED) is 0.618. The number of nitrogens with zero attached hydrogens (tertiary/aromatic N) is 1.